The fourth-order valence-corrected chi connectivity index (χ4v) is 2.09. The minimum Gasteiger partial charge on any atom is -0.385 e. The molecule has 4 heteroatoms. The van der Waals surface area contributed by atoms with Crippen LogP contribution in [0, 0.1) is 5.92 Å². The molecule has 90 valence electrons. The van der Waals surface area contributed by atoms with Crippen molar-refractivity contribution in [1.82, 2.24) is 5.32 Å². The Morgan fingerprint density at radius 2 is 2.29 bits per heavy atom. The fraction of sp³-hybridized carbons (Fsp3) is 0.462. The number of benzene rings is 1. The third-order valence-electron chi connectivity index (χ3n) is 3.31. The normalized spacial score (nSPS) is 19.3. The van der Waals surface area contributed by atoms with E-state index in [1.165, 1.54) is 12.8 Å². The van der Waals surface area contributed by atoms with Crippen molar-refractivity contribution in [1.29, 1.82) is 0 Å². The monoisotopic (exact) mass is 231 g/mol. The highest BCUT2D eigenvalue weighted by atomic mass is 16.2. The van der Waals surface area contributed by atoms with Crippen LogP contribution in [0.3, 0.4) is 0 Å². The summed E-state index contributed by atoms with van der Waals surface area (Å²) in [6.07, 6.45) is 2.70. The first-order valence-electron chi connectivity index (χ1n) is 6.22. The van der Waals surface area contributed by atoms with Gasteiger partial charge in [0.15, 0.2) is 0 Å². The van der Waals surface area contributed by atoms with E-state index < -0.39 is 0 Å². The lowest BCUT2D eigenvalue weighted by Gasteiger charge is -2.15. The molecule has 3 rings (SSSR count). The van der Waals surface area contributed by atoms with Gasteiger partial charge in [-0.05, 0) is 37.0 Å². The molecule has 0 aromatic heterocycles. The largest absolute Gasteiger partial charge is 0.385 e. The Morgan fingerprint density at radius 3 is 3.00 bits per heavy atom. The molecule has 1 aromatic rings. The third-order valence-corrected chi connectivity index (χ3v) is 3.31. The van der Waals surface area contributed by atoms with Crippen LogP contribution in [0.2, 0.25) is 0 Å². The molecule has 0 bridgehead atoms. The number of nitrogens with zero attached hydrogens (tertiary/aromatic N) is 1. The number of carbonyl (C=O) groups excluding carboxylic acids is 1. The van der Waals surface area contributed by atoms with Gasteiger partial charge in [0.25, 0.3) is 0 Å². The van der Waals surface area contributed by atoms with Gasteiger partial charge in [0.2, 0.25) is 0 Å². The van der Waals surface area contributed by atoms with Gasteiger partial charge in [0, 0.05) is 31.0 Å². The maximum atomic E-state index is 11.6. The van der Waals surface area contributed by atoms with Gasteiger partial charge in [-0.2, -0.15) is 0 Å². The molecule has 1 aliphatic heterocycles. The van der Waals surface area contributed by atoms with Gasteiger partial charge in [-0.1, -0.05) is 6.07 Å². The van der Waals surface area contributed by atoms with E-state index in [4.69, 9.17) is 0 Å². The van der Waals surface area contributed by atoms with Crippen LogP contribution in [0.4, 0.5) is 16.2 Å². The smallest absolute Gasteiger partial charge is 0.321 e. The number of amides is 2. The molecule has 17 heavy (non-hydrogen) atoms. The van der Waals surface area contributed by atoms with Gasteiger partial charge in [-0.3, -0.25) is 4.90 Å². The molecule has 1 aliphatic carbocycles. The SMILES string of the molecule is O=C1NCCN1c1cccc(NCC2CC2)c1. The summed E-state index contributed by atoms with van der Waals surface area (Å²) in [7, 11) is 0. The van der Waals surface area contributed by atoms with Crippen LogP contribution in [0.1, 0.15) is 12.8 Å². The summed E-state index contributed by atoms with van der Waals surface area (Å²) in [4.78, 5) is 13.3. The van der Waals surface area contributed by atoms with E-state index >= 15 is 0 Å². The lowest BCUT2D eigenvalue weighted by atomic mass is 10.2. The van der Waals surface area contributed by atoms with Gasteiger partial charge in [-0.15, -0.1) is 0 Å². The van der Waals surface area contributed by atoms with Crippen molar-refractivity contribution in [2.75, 3.05) is 29.9 Å². The average Bonchev–Trinajstić information content (AvgIpc) is 3.08. The van der Waals surface area contributed by atoms with E-state index in [9.17, 15) is 4.79 Å². The lowest BCUT2D eigenvalue weighted by Crippen LogP contribution is -2.27. The van der Waals surface area contributed by atoms with Gasteiger partial charge in [0.1, 0.15) is 0 Å². The van der Waals surface area contributed by atoms with E-state index in [0.717, 1.165) is 36.9 Å². The number of hydrogen-bond donors (Lipinski definition) is 2. The lowest BCUT2D eigenvalue weighted by molar-refractivity contribution is 0.252. The van der Waals surface area contributed by atoms with Gasteiger partial charge >= 0.3 is 6.03 Å². The Balaban J connectivity index is 1.70. The predicted molar refractivity (Wildman–Crippen MR) is 68.4 cm³/mol. The van der Waals surface area contributed by atoms with Crippen molar-refractivity contribution >= 4 is 17.4 Å². The summed E-state index contributed by atoms with van der Waals surface area (Å²) in [5.41, 5.74) is 2.08. The molecule has 1 saturated carbocycles. The van der Waals surface area contributed by atoms with Crippen LogP contribution in [-0.2, 0) is 0 Å². The Morgan fingerprint density at radius 1 is 1.41 bits per heavy atom. The van der Waals surface area contributed by atoms with Crippen molar-refractivity contribution < 1.29 is 4.79 Å². The Hall–Kier alpha value is -1.71. The van der Waals surface area contributed by atoms with Crippen LogP contribution < -0.4 is 15.5 Å². The molecule has 0 unspecified atom stereocenters. The van der Waals surface area contributed by atoms with Crippen LogP contribution in [0.15, 0.2) is 24.3 Å². The number of anilines is 2. The highest BCUT2D eigenvalue weighted by molar-refractivity contribution is 5.94. The van der Waals surface area contributed by atoms with Crippen LogP contribution in [-0.4, -0.2) is 25.7 Å². The topological polar surface area (TPSA) is 44.4 Å². The van der Waals surface area contributed by atoms with Crippen LogP contribution in [0.5, 0.6) is 0 Å². The molecule has 1 aromatic carbocycles. The van der Waals surface area contributed by atoms with Gasteiger partial charge < -0.3 is 10.6 Å². The van der Waals surface area contributed by atoms with Crippen molar-refractivity contribution in [3.05, 3.63) is 24.3 Å². The molecule has 0 radical (unpaired) electrons. The molecular weight excluding hydrogens is 214 g/mol. The second-order valence-electron chi connectivity index (χ2n) is 4.76. The molecule has 2 amide bonds. The molecule has 4 nitrogen and oxygen atoms in total. The van der Waals surface area contributed by atoms with Crippen molar-refractivity contribution in [2.24, 2.45) is 5.92 Å². The summed E-state index contributed by atoms with van der Waals surface area (Å²) in [5.74, 6) is 0.855. The quantitative estimate of drug-likeness (QED) is 0.833. The molecule has 2 N–H and O–H groups in total. The third kappa shape index (κ3) is 2.35. The van der Waals surface area contributed by atoms with E-state index in [0.29, 0.717) is 0 Å². The average molecular weight is 231 g/mol. The molecule has 1 heterocycles. The van der Waals surface area contributed by atoms with Crippen molar-refractivity contribution in [3.63, 3.8) is 0 Å². The maximum Gasteiger partial charge on any atom is 0.321 e. The van der Waals surface area contributed by atoms with E-state index in [2.05, 4.69) is 16.7 Å². The molecule has 0 atom stereocenters. The Bertz CT molecular complexity index is 428. The molecule has 2 aliphatic rings. The molecule has 2 fully saturated rings. The zero-order chi connectivity index (χ0) is 11.7. The van der Waals surface area contributed by atoms with Crippen LogP contribution >= 0.6 is 0 Å². The summed E-state index contributed by atoms with van der Waals surface area (Å²) in [5, 5.41) is 6.24. The second kappa shape index (κ2) is 4.28. The highest BCUT2D eigenvalue weighted by Gasteiger charge is 2.22. The maximum absolute atomic E-state index is 11.6. The summed E-state index contributed by atoms with van der Waals surface area (Å²) >= 11 is 0. The van der Waals surface area contributed by atoms with E-state index in [1.807, 2.05) is 18.2 Å². The zero-order valence-corrected chi connectivity index (χ0v) is 9.78. The molecule has 0 spiro atoms. The van der Waals surface area contributed by atoms with E-state index in [-0.39, 0.29) is 6.03 Å². The first-order chi connectivity index (χ1) is 8.33. The summed E-state index contributed by atoms with van der Waals surface area (Å²) < 4.78 is 0. The number of rotatable bonds is 4. The first kappa shape index (κ1) is 10.4. The molecular formula is C13H17N3O. The Labute approximate surface area is 101 Å². The van der Waals surface area contributed by atoms with Gasteiger partial charge in [-0.25, -0.2) is 4.79 Å². The van der Waals surface area contributed by atoms with Crippen molar-refractivity contribution in [3.8, 4) is 0 Å². The fourth-order valence-electron chi connectivity index (χ4n) is 2.09. The number of hydrogen-bond acceptors (Lipinski definition) is 2. The van der Waals surface area contributed by atoms with Crippen LogP contribution in [0.25, 0.3) is 0 Å². The predicted octanol–water partition coefficient (Wildman–Crippen LogP) is 2.04. The summed E-state index contributed by atoms with van der Waals surface area (Å²) in [6, 6.07) is 8.08. The minimum atomic E-state index is 0.00402. The summed E-state index contributed by atoms with van der Waals surface area (Å²) in [6.45, 7) is 2.54. The minimum absolute atomic E-state index is 0.00402. The zero-order valence-electron chi connectivity index (χ0n) is 9.78. The van der Waals surface area contributed by atoms with Gasteiger partial charge in [0.05, 0.1) is 0 Å². The molecule has 1 saturated heterocycles. The number of urea groups is 1. The highest BCUT2D eigenvalue weighted by Crippen LogP contribution is 2.29. The standard InChI is InChI=1S/C13H17N3O/c17-13-14-6-7-16(13)12-3-1-2-11(8-12)15-9-10-4-5-10/h1-3,8,10,15H,4-7,9H2,(H,14,17). The first-order valence-corrected chi connectivity index (χ1v) is 6.22. The van der Waals surface area contributed by atoms with E-state index in [1.54, 1.807) is 4.90 Å². The Kier molecular flexibility index (Phi) is 2.63. The second-order valence-corrected chi connectivity index (χ2v) is 4.76. The van der Waals surface area contributed by atoms with Crippen molar-refractivity contribution in [2.45, 2.75) is 12.8 Å². The number of nitrogens with one attached hydrogen (secondary N) is 2. The number of carbonyl (C=O) groups is 1.